The molecular formula is C48H80O8S2. The number of ether oxygens (including phenoxy) is 7. The highest BCUT2D eigenvalue weighted by atomic mass is 32.1. The Labute approximate surface area is 360 Å². The van der Waals surface area contributed by atoms with Crippen molar-refractivity contribution in [1.82, 2.24) is 0 Å². The molecule has 8 nitrogen and oxygen atoms in total. The van der Waals surface area contributed by atoms with E-state index in [9.17, 15) is 4.79 Å². The third-order valence-electron chi connectivity index (χ3n) is 11.7. The van der Waals surface area contributed by atoms with Crippen LogP contribution >= 0.6 is 22.7 Å². The minimum absolute atomic E-state index is 0.0822. The van der Waals surface area contributed by atoms with E-state index in [0.29, 0.717) is 44.9 Å². The number of hydrogen-bond donors (Lipinski definition) is 0. The van der Waals surface area contributed by atoms with Gasteiger partial charge in [0, 0.05) is 24.0 Å². The Morgan fingerprint density at radius 3 is 1.64 bits per heavy atom. The average Bonchev–Trinajstić information content (AvgIpc) is 3.71. The first-order chi connectivity index (χ1) is 27.6. The molecule has 10 heteroatoms. The fourth-order valence-corrected chi connectivity index (χ4v) is 10.3. The van der Waals surface area contributed by atoms with E-state index in [4.69, 9.17) is 33.2 Å². The summed E-state index contributed by atoms with van der Waals surface area (Å²) in [5.41, 5.74) is -0.883. The number of esters is 1. The lowest BCUT2D eigenvalue weighted by molar-refractivity contribution is -0.152. The van der Waals surface area contributed by atoms with E-state index in [1.54, 1.807) is 22.7 Å². The quantitative estimate of drug-likeness (QED) is 0.0966. The highest BCUT2D eigenvalue weighted by Gasteiger charge is 2.43. The first-order valence-electron chi connectivity index (χ1n) is 22.9. The molecule has 58 heavy (non-hydrogen) atoms. The number of rotatable bonds is 24. The molecule has 0 saturated carbocycles. The molecule has 0 N–H and O–H groups in total. The van der Waals surface area contributed by atoms with Gasteiger partial charge in [0.25, 0.3) is 0 Å². The van der Waals surface area contributed by atoms with E-state index in [1.165, 1.54) is 38.5 Å². The van der Waals surface area contributed by atoms with Gasteiger partial charge in [-0.2, -0.15) is 0 Å². The smallest absolute Gasteiger partial charge is 0.309 e. The Morgan fingerprint density at radius 2 is 1.16 bits per heavy atom. The zero-order valence-corrected chi connectivity index (χ0v) is 40.2. The van der Waals surface area contributed by atoms with Gasteiger partial charge in [0.2, 0.25) is 0 Å². The van der Waals surface area contributed by atoms with Crippen molar-refractivity contribution in [3.63, 3.8) is 0 Å². The third-order valence-corrected chi connectivity index (χ3v) is 15.0. The van der Waals surface area contributed by atoms with Crippen LogP contribution in [0.15, 0.2) is 0 Å². The van der Waals surface area contributed by atoms with E-state index in [1.807, 2.05) is 0 Å². The third kappa shape index (κ3) is 13.0. The normalized spacial score (nSPS) is 19.8. The minimum atomic E-state index is -0.474. The van der Waals surface area contributed by atoms with Crippen molar-refractivity contribution in [2.24, 2.45) is 23.2 Å². The summed E-state index contributed by atoms with van der Waals surface area (Å²) in [5.74, 6) is 3.91. The molecule has 0 bridgehead atoms. The molecule has 0 radical (unpaired) electrons. The number of fused-ring (bicyclic) bond motifs is 2. The van der Waals surface area contributed by atoms with Gasteiger partial charge in [0.05, 0.1) is 44.1 Å². The number of carbonyl (C=O) groups excluding carboxylic acids is 1. The van der Waals surface area contributed by atoms with E-state index in [0.717, 1.165) is 94.2 Å². The van der Waals surface area contributed by atoms with Gasteiger partial charge in [-0.05, 0) is 37.5 Å². The molecule has 0 saturated heterocycles. The summed E-state index contributed by atoms with van der Waals surface area (Å²) in [6, 6.07) is 0. The van der Waals surface area contributed by atoms with Gasteiger partial charge >= 0.3 is 5.97 Å². The fraction of sp³-hybridized carbons (Fsp3) is 0.812. The van der Waals surface area contributed by atoms with Gasteiger partial charge < -0.3 is 33.2 Å². The zero-order valence-electron chi connectivity index (χ0n) is 38.5. The highest BCUT2D eigenvalue weighted by Crippen LogP contribution is 2.61. The Bertz CT molecular complexity index is 1510. The number of thiophene rings is 2. The molecule has 4 unspecified atom stereocenters. The average molecular weight is 849 g/mol. The van der Waals surface area contributed by atoms with Crippen LogP contribution in [-0.2, 0) is 29.8 Å². The van der Waals surface area contributed by atoms with Crippen LogP contribution in [0.2, 0.25) is 0 Å². The molecule has 0 fully saturated rings. The van der Waals surface area contributed by atoms with Crippen LogP contribution in [0.1, 0.15) is 170 Å². The predicted octanol–water partition coefficient (Wildman–Crippen LogP) is 13.2. The maximum atomic E-state index is 13.0. The minimum Gasteiger partial charge on any atom is -0.488 e. The maximum Gasteiger partial charge on any atom is 0.309 e. The van der Waals surface area contributed by atoms with Crippen LogP contribution in [0, 0.1) is 23.2 Å². The number of unbranched alkanes of at least 4 members (excludes halogenated alkanes) is 3. The lowest BCUT2D eigenvalue weighted by Gasteiger charge is -2.32. The molecule has 4 rings (SSSR count). The van der Waals surface area contributed by atoms with Gasteiger partial charge in [-0.25, -0.2) is 0 Å². The highest BCUT2D eigenvalue weighted by molar-refractivity contribution is 7.23. The van der Waals surface area contributed by atoms with Crippen LogP contribution in [0.4, 0.5) is 0 Å². The maximum absolute atomic E-state index is 13.0. The molecule has 332 valence electrons. The molecule has 0 aliphatic carbocycles. The fourth-order valence-electron chi connectivity index (χ4n) is 7.66. The summed E-state index contributed by atoms with van der Waals surface area (Å²) in [5, 5.41) is 0. The van der Waals surface area contributed by atoms with Gasteiger partial charge in [-0.15, -0.1) is 22.7 Å². The van der Waals surface area contributed by atoms with Crippen LogP contribution in [0.3, 0.4) is 0 Å². The second-order valence-electron chi connectivity index (χ2n) is 19.2. The van der Waals surface area contributed by atoms with Crippen molar-refractivity contribution in [3.8, 4) is 32.8 Å². The first kappa shape index (κ1) is 48.7. The second kappa shape index (κ2) is 22.7. The first-order valence-corrected chi connectivity index (χ1v) is 24.5. The van der Waals surface area contributed by atoms with Crippen LogP contribution in [0.25, 0.3) is 9.75 Å². The summed E-state index contributed by atoms with van der Waals surface area (Å²) in [7, 11) is 0. The van der Waals surface area contributed by atoms with Crippen molar-refractivity contribution < 1.29 is 38.0 Å². The van der Waals surface area contributed by atoms with Gasteiger partial charge in [0.1, 0.15) is 26.4 Å². The Kier molecular flexibility index (Phi) is 19.1. The molecule has 0 aromatic carbocycles. The van der Waals surface area contributed by atoms with Crippen molar-refractivity contribution >= 4 is 28.6 Å². The SMILES string of the molecule is CCCCC(CC)COCC1(COCC(CC)CCCC)COc2c(-c3sc(C(C)(C)C)c4c3OCC(COC(=O)C(CC)CCCC)O4)sc(C(C)(C)C)c2OC1. The Morgan fingerprint density at radius 1 is 0.672 bits per heavy atom. The summed E-state index contributed by atoms with van der Waals surface area (Å²) in [4.78, 5) is 17.2. The second-order valence-corrected chi connectivity index (χ2v) is 21.2. The van der Waals surface area contributed by atoms with Crippen LogP contribution < -0.4 is 18.9 Å². The van der Waals surface area contributed by atoms with Crippen molar-refractivity contribution in [2.75, 3.05) is 52.9 Å². The molecular weight excluding hydrogens is 769 g/mol. The predicted molar refractivity (Wildman–Crippen MR) is 241 cm³/mol. The standard InChI is InChI=1S/C48H80O8S2/c1-13-19-22-33(16-4)25-50-29-48(30-51-26-34(17-5)23-20-14-2)31-54-37-39(55-32-48)43(46(7,8)9)57-41(37)42-38-40(44(58-42)47(10,11)12)56-36(27-52-38)28-53-45(49)35(18-6)24-21-15-3/h33-36H,13-32H2,1-12H3. The summed E-state index contributed by atoms with van der Waals surface area (Å²) in [6.45, 7) is 30.4. The summed E-state index contributed by atoms with van der Waals surface area (Å²) >= 11 is 3.43. The van der Waals surface area contributed by atoms with Crippen molar-refractivity contribution in [1.29, 1.82) is 0 Å². The van der Waals surface area contributed by atoms with Crippen LogP contribution in [0.5, 0.6) is 23.0 Å². The number of carbonyl (C=O) groups is 1. The molecule has 4 atom stereocenters. The zero-order chi connectivity index (χ0) is 42.5. The van der Waals surface area contributed by atoms with E-state index >= 15 is 0 Å². The largest absolute Gasteiger partial charge is 0.488 e. The monoisotopic (exact) mass is 849 g/mol. The summed E-state index contributed by atoms with van der Waals surface area (Å²) < 4.78 is 46.4. The molecule has 0 amide bonds. The molecule has 2 aromatic rings. The van der Waals surface area contributed by atoms with Crippen molar-refractivity contribution in [2.45, 2.75) is 177 Å². The molecule has 2 aliphatic heterocycles. The number of hydrogen-bond acceptors (Lipinski definition) is 10. The molecule has 2 aromatic heterocycles. The van der Waals surface area contributed by atoms with E-state index < -0.39 is 11.5 Å². The summed E-state index contributed by atoms with van der Waals surface area (Å²) in [6.07, 6.45) is 12.8. The molecule has 4 heterocycles. The Hall–Kier alpha value is -2.01. The van der Waals surface area contributed by atoms with Gasteiger partial charge in [-0.1, -0.05) is 134 Å². The van der Waals surface area contributed by atoms with Crippen molar-refractivity contribution in [3.05, 3.63) is 9.75 Å². The van der Waals surface area contributed by atoms with E-state index in [2.05, 4.69) is 83.1 Å². The lowest BCUT2D eigenvalue weighted by atomic mass is 9.91. The molecule has 0 spiro atoms. The topological polar surface area (TPSA) is 81.7 Å². The van der Waals surface area contributed by atoms with Gasteiger partial charge in [0.15, 0.2) is 29.1 Å². The van der Waals surface area contributed by atoms with E-state index in [-0.39, 0.29) is 29.3 Å². The van der Waals surface area contributed by atoms with Gasteiger partial charge in [-0.3, -0.25) is 4.79 Å². The lowest BCUT2D eigenvalue weighted by Crippen LogP contribution is -2.43. The van der Waals surface area contributed by atoms with Crippen LogP contribution in [-0.4, -0.2) is 64.9 Å². The Balaban J connectivity index is 1.65. The molecule has 2 aliphatic rings.